The number of halogens is 2. The van der Waals surface area contributed by atoms with E-state index in [-0.39, 0.29) is 23.8 Å². The van der Waals surface area contributed by atoms with E-state index < -0.39 is 11.6 Å². The standard InChI is InChI=1S/C19H21F2N3O2/c20-12-7-13(21)9-16(8-12)26-15-5-3-14(4-6-15)22-19(25)18-10-17(23-24-18)11-1-2-11/h7-11,14-15H,1-6H2,(H,22,25)(H,23,24). The lowest BCUT2D eigenvalue weighted by atomic mass is 9.93. The molecule has 1 aromatic carbocycles. The van der Waals surface area contributed by atoms with Gasteiger partial charge in [-0.05, 0) is 44.6 Å². The van der Waals surface area contributed by atoms with Crippen LogP contribution < -0.4 is 10.1 Å². The highest BCUT2D eigenvalue weighted by Crippen LogP contribution is 2.39. The van der Waals surface area contributed by atoms with Crippen molar-refractivity contribution in [3.05, 3.63) is 47.3 Å². The minimum atomic E-state index is -0.648. The highest BCUT2D eigenvalue weighted by Gasteiger charge is 2.28. The molecular weight excluding hydrogens is 340 g/mol. The van der Waals surface area contributed by atoms with Gasteiger partial charge in [-0.15, -0.1) is 0 Å². The summed E-state index contributed by atoms with van der Waals surface area (Å²) in [6, 6.07) is 5.09. The van der Waals surface area contributed by atoms with Gasteiger partial charge in [0.05, 0.1) is 6.10 Å². The van der Waals surface area contributed by atoms with E-state index in [4.69, 9.17) is 4.74 Å². The average Bonchev–Trinajstić information content (AvgIpc) is 3.32. The lowest BCUT2D eigenvalue weighted by molar-refractivity contribution is 0.0888. The van der Waals surface area contributed by atoms with E-state index in [1.165, 1.54) is 12.1 Å². The molecule has 0 unspecified atom stereocenters. The highest BCUT2D eigenvalue weighted by molar-refractivity contribution is 5.92. The van der Waals surface area contributed by atoms with Gasteiger partial charge in [-0.3, -0.25) is 9.89 Å². The van der Waals surface area contributed by atoms with Gasteiger partial charge in [-0.1, -0.05) is 0 Å². The van der Waals surface area contributed by atoms with Crippen molar-refractivity contribution in [2.45, 2.75) is 56.6 Å². The Morgan fingerprint density at radius 3 is 2.38 bits per heavy atom. The Morgan fingerprint density at radius 2 is 1.73 bits per heavy atom. The summed E-state index contributed by atoms with van der Waals surface area (Å²) < 4.78 is 32.1. The van der Waals surface area contributed by atoms with Crippen molar-refractivity contribution in [2.24, 2.45) is 0 Å². The Kier molecular flexibility index (Phi) is 4.61. The number of carbonyl (C=O) groups is 1. The molecule has 2 aliphatic rings. The van der Waals surface area contributed by atoms with Gasteiger partial charge in [0.2, 0.25) is 0 Å². The smallest absolute Gasteiger partial charge is 0.271 e. The summed E-state index contributed by atoms with van der Waals surface area (Å²) in [5.41, 5.74) is 1.47. The summed E-state index contributed by atoms with van der Waals surface area (Å²) in [4.78, 5) is 12.3. The third kappa shape index (κ3) is 4.03. The topological polar surface area (TPSA) is 67.0 Å². The predicted octanol–water partition coefficient (Wildman–Crippen LogP) is 3.69. The Labute approximate surface area is 150 Å². The van der Waals surface area contributed by atoms with Crippen LogP contribution in [0.3, 0.4) is 0 Å². The Bertz CT molecular complexity index is 776. The van der Waals surface area contributed by atoms with Crippen LogP contribution in [0.2, 0.25) is 0 Å². The van der Waals surface area contributed by atoms with E-state index in [9.17, 15) is 13.6 Å². The molecule has 2 saturated carbocycles. The van der Waals surface area contributed by atoms with E-state index in [2.05, 4.69) is 15.5 Å². The van der Waals surface area contributed by atoms with Gasteiger partial charge in [-0.25, -0.2) is 8.78 Å². The van der Waals surface area contributed by atoms with Crippen molar-refractivity contribution in [2.75, 3.05) is 0 Å². The Hall–Kier alpha value is -2.44. The second-order valence-electron chi connectivity index (χ2n) is 7.15. The molecule has 4 rings (SSSR count). The van der Waals surface area contributed by atoms with Crippen LogP contribution in [0.1, 0.15) is 60.6 Å². The van der Waals surface area contributed by atoms with E-state index in [1.807, 2.05) is 6.07 Å². The molecule has 5 nitrogen and oxygen atoms in total. The van der Waals surface area contributed by atoms with Crippen LogP contribution in [0, 0.1) is 11.6 Å². The van der Waals surface area contributed by atoms with Gasteiger partial charge in [0, 0.05) is 35.9 Å². The molecule has 2 aliphatic carbocycles. The van der Waals surface area contributed by atoms with Crippen molar-refractivity contribution < 1.29 is 18.3 Å². The van der Waals surface area contributed by atoms with E-state index in [0.29, 0.717) is 11.6 Å². The van der Waals surface area contributed by atoms with Gasteiger partial charge in [0.15, 0.2) is 0 Å². The molecule has 2 N–H and O–H groups in total. The molecule has 0 aliphatic heterocycles. The van der Waals surface area contributed by atoms with Gasteiger partial charge < -0.3 is 10.1 Å². The van der Waals surface area contributed by atoms with Crippen molar-refractivity contribution in [1.82, 2.24) is 15.5 Å². The molecule has 0 atom stereocenters. The van der Waals surface area contributed by atoms with Gasteiger partial charge in [-0.2, -0.15) is 5.10 Å². The van der Waals surface area contributed by atoms with Crippen LogP contribution in [-0.4, -0.2) is 28.3 Å². The van der Waals surface area contributed by atoms with Crippen LogP contribution in [0.15, 0.2) is 24.3 Å². The summed E-state index contributed by atoms with van der Waals surface area (Å²) in [6.07, 6.45) is 5.16. The molecule has 26 heavy (non-hydrogen) atoms. The van der Waals surface area contributed by atoms with Crippen molar-refractivity contribution >= 4 is 5.91 Å². The average molecular weight is 361 g/mol. The molecule has 0 bridgehead atoms. The molecule has 2 aromatic rings. The zero-order valence-corrected chi connectivity index (χ0v) is 14.3. The number of benzene rings is 1. The van der Waals surface area contributed by atoms with E-state index >= 15 is 0 Å². The largest absolute Gasteiger partial charge is 0.490 e. The molecule has 138 valence electrons. The van der Waals surface area contributed by atoms with Crippen molar-refractivity contribution in [3.8, 4) is 5.75 Å². The fraction of sp³-hybridized carbons (Fsp3) is 0.474. The second-order valence-corrected chi connectivity index (χ2v) is 7.15. The van der Waals surface area contributed by atoms with Crippen LogP contribution in [0.25, 0.3) is 0 Å². The zero-order chi connectivity index (χ0) is 18.1. The SMILES string of the molecule is O=C(NC1CCC(Oc2cc(F)cc(F)c2)CC1)c1cc(C2CC2)[nH]n1. The predicted molar refractivity (Wildman–Crippen MR) is 91.1 cm³/mol. The molecule has 0 spiro atoms. The van der Waals surface area contributed by atoms with Gasteiger partial charge in [0.25, 0.3) is 5.91 Å². The number of aromatic nitrogens is 2. The highest BCUT2D eigenvalue weighted by atomic mass is 19.1. The summed E-state index contributed by atoms with van der Waals surface area (Å²) in [5, 5.41) is 10.0. The lowest BCUT2D eigenvalue weighted by Gasteiger charge is -2.29. The number of nitrogens with one attached hydrogen (secondary N) is 2. The van der Waals surface area contributed by atoms with Crippen LogP contribution in [-0.2, 0) is 0 Å². The van der Waals surface area contributed by atoms with Crippen molar-refractivity contribution in [1.29, 1.82) is 0 Å². The first-order valence-electron chi connectivity index (χ1n) is 9.06. The first-order chi connectivity index (χ1) is 12.6. The lowest BCUT2D eigenvalue weighted by Crippen LogP contribution is -2.39. The first kappa shape index (κ1) is 17.0. The first-order valence-corrected chi connectivity index (χ1v) is 9.06. The molecule has 0 radical (unpaired) electrons. The number of H-pyrrole nitrogens is 1. The van der Waals surface area contributed by atoms with Gasteiger partial charge in [0.1, 0.15) is 23.1 Å². The quantitative estimate of drug-likeness (QED) is 0.854. The second kappa shape index (κ2) is 7.05. The number of nitrogens with zero attached hydrogens (tertiary/aromatic N) is 1. The Morgan fingerprint density at radius 1 is 1.04 bits per heavy atom. The summed E-state index contributed by atoms with van der Waals surface area (Å²) in [6.45, 7) is 0. The van der Waals surface area contributed by atoms with Crippen LogP contribution in [0.5, 0.6) is 5.75 Å². The minimum Gasteiger partial charge on any atom is -0.490 e. The molecule has 1 heterocycles. The van der Waals surface area contributed by atoms with Crippen LogP contribution >= 0.6 is 0 Å². The van der Waals surface area contributed by atoms with E-state index in [1.54, 1.807) is 0 Å². The number of aromatic amines is 1. The summed E-state index contributed by atoms with van der Waals surface area (Å²) in [7, 11) is 0. The number of rotatable bonds is 5. The Balaban J connectivity index is 1.27. The maximum absolute atomic E-state index is 13.2. The molecule has 0 saturated heterocycles. The summed E-state index contributed by atoms with van der Waals surface area (Å²) in [5.74, 6) is -0.718. The maximum Gasteiger partial charge on any atom is 0.271 e. The number of carbonyl (C=O) groups excluding carboxylic acids is 1. The molecule has 7 heteroatoms. The van der Waals surface area contributed by atoms with Crippen LogP contribution in [0.4, 0.5) is 8.78 Å². The third-order valence-corrected chi connectivity index (χ3v) is 5.00. The normalized spacial score (nSPS) is 22.8. The van der Waals surface area contributed by atoms with Gasteiger partial charge >= 0.3 is 0 Å². The molecule has 1 amide bonds. The number of ether oxygens (including phenoxy) is 1. The number of hydrogen-bond donors (Lipinski definition) is 2. The number of amides is 1. The van der Waals surface area contributed by atoms with E-state index in [0.717, 1.165) is 50.3 Å². The fourth-order valence-corrected chi connectivity index (χ4v) is 3.43. The van der Waals surface area contributed by atoms with Crippen molar-refractivity contribution in [3.63, 3.8) is 0 Å². The maximum atomic E-state index is 13.2. The molecule has 1 aromatic heterocycles. The minimum absolute atomic E-state index is 0.0627. The molecule has 2 fully saturated rings. The number of hydrogen-bond acceptors (Lipinski definition) is 3. The molecular formula is C19H21F2N3O2. The summed E-state index contributed by atoms with van der Waals surface area (Å²) >= 11 is 0. The third-order valence-electron chi connectivity index (χ3n) is 5.00. The monoisotopic (exact) mass is 361 g/mol. The fourth-order valence-electron chi connectivity index (χ4n) is 3.43. The zero-order valence-electron chi connectivity index (χ0n) is 14.3.